The van der Waals surface area contributed by atoms with E-state index in [4.69, 9.17) is 0 Å². The van der Waals surface area contributed by atoms with E-state index in [0.29, 0.717) is 0 Å². The highest BCUT2D eigenvalue weighted by Crippen LogP contribution is 2.16. The number of hydrogen-bond acceptors (Lipinski definition) is 1. The molecule has 0 amide bonds. The Kier molecular flexibility index (Phi) is 4.84. The molecule has 0 atom stereocenters. The van der Waals surface area contributed by atoms with Crippen molar-refractivity contribution in [3.8, 4) is 0 Å². The minimum Gasteiger partial charge on any atom is -0.149 e. The molecule has 0 N–H and O–H groups in total. The first kappa shape index (κ1) is 10.5. The van der Waals surface area contributed by atoms with E-state index in [1.54, 1.807) is 0 Å². The van der Waals surface area contributed by atoms with E-state index in [-0.39, 0.29) is 0 Å². The van der Waals surface area contributed by atoms with Crippen molar-refractivity contribution in [3.63, 3.8) is 0 Å². The van der Waals surface area contributed by atoms with Gasteiger partial charge in [-0.15, -0.1) is 11.3 Å². The van der Waals surface area contributed by atoms with Crippen molar-refractivity contribution in [3.05, 3.63) is 34.5 Å². The number of aryl methyl sites for hydroxylation is 1. The van der Waals surface area contributed by atoms with Crippen LogP contribution in [0.3, 0.4) is 0 Å². The van der Waals surface area contributed by atoms with Crippen LogP contribution in [-0.4, -0.2) is 0 Å². The summed E-state index contributed by atoms with van der Waals surface area (Å²) in [7, 11) is 0. The van der Waals surface area contributed by atoms with Crippen molar-refractivity contribution >= 4 is 11.3 Å². The zero-order chi connectivity index (χ0) is 9.52. The zero-order valence-corrected chi connectivity index (χ0v) is 9.20. The van der Waals surface area contributed by atoms with Crippen LogP contribution >= 0.6 is 11.3 Å². The second-order valence-electron chi connectivity index (χ2n) is 3.43. The summed E-state index contributed by atoms with van der Waals surface area (Å²) in [4.78, 5) is 1.48. The molecule has 0 saturated carbocycles. The third-order valence-corrected chi connectivity index (χ3v) is 3.13. The van der Waals surface area contributed by atoms with Crippen LogP contribution in [0.15, 0.2) is 29.7 Å². The minimum absolute atomic E-state index is 1.17. The lowest BCUT2D eigenvalue weighted by Gasteiger charge is -2.02. The number of allylic oxidation sites excluding steroid dienone is 1. The first-order chi connectivity index (χ1) is 6.33. The van der Waals surface area contributed by atoms with Crippen LogP contribution < -0.4 is 0 Å². The predicted octanol–water partition coefficient (Wildman–Crippen LogP) is 4.43. The molecule has 1 aromatic heterocycles. The van der Waals surface area contributed by atoms with Gasteiger partial charge in [-0.05, 0) is 37.1 Å². The standard InChI is InChI=1S/C12H18S/c1-3-4-6-11(2)8-9-12-7-5-10-13-12/h5,7,10H,2-4,6,8-9H2,1H3. The lowest BCUT2D eigenvalue weighted by atomic mass is 10.1. The summed E-state index contributed by atoms with van der Waals surface area (Å²) in [5, 5.41) is 2.14. The van der Waals surface area contributed by atoms with Crippen LogP contribution in [0.25, 0.3) is 0 Å². The Labute approximate surface area is 85.3 Å². The lowest BCUT2D eigenvalue weighted by Crippen LogP contribution is -1.85. The summed E-state index contributed by atoms with van der Waals surface area (Å²) >= 11 is 1.85. The second-order valence-corrected chi connectivity index (χ2v) is 4.47. The highest BCUT2D eigenvalue weighted by molar-refractivity contribution is 7.09. The van der Waals surface area contributed by atoms with Crippen LogP contribution in [0.1, 0.15) is 37.5 Å². The van der Waals surface area contributed by atoms with Crippen LogP contribution in [0.5, 0.6) is 0 Å². The molecular formula is C12H18S. The minimum atomic E-state index is 1.17. The van der Waals surface area contributed by atoms with Gasteiger partial charge in [0.1, 0.15) is 0 Å². The Morgan fingerprint density at radius 2 is 2.31 bits per heavy atom. The van der Waals surface area contributed by atoms with Crippen molar-refractivity contribution < 1.29 is 0 Å². The quantitative estimate of drug-likeness (QED) is 0.588. The fourth-order valence-corrected chi connectivity index (χ4v) is 2.02. The smallest absolute Gasteiger partial charge is 0.00483 e. The number of thiophene rings is 1. The summed E-state index contributed by atoms with van der Waals surface area (Å²) in [5.74, 6) is 0. The summed E-state index contributed by atoms with van der Waals surface area (Å²) in [5.41, 5.74) is 1.41. The topological polar surface area (TPSA) is 0 Å². The number of rotatable bonds is 6. The fraction of sp³-hybridized carbons (Fsp3) is 0.500. The van der Waals surface area contributed by atoms with Gasteiger partial charge in [-0.25, -0.2) is 0 Å². The monoisotopic (exact) mass is 194 g/mol. The van der Waals surface area contributed by atoms with Crippen LogP contribution in [0.4, 0.5) is 0 Å². The van der Waals surface area contributed by atoms with Crippen LogP contribution in [-0.2, 0) is 6.42 Å². The SMILES string of the molecule is C=C(CCCC)CCc1cccs1. The molecule has 0 aliphatic carbocycles. The highest BCUT2D eigenvalue weighted by Gasteiger charge is 1.97. The Hall–Kier alpha value is -0.560. The normalized spacial score (nSPS) is 10.2. The summed E-state index contributed by atoms with van der Waals surface area (Å²) < 4.78 is 0. The van der Waals surface area contributed by atoms with Gasteiger partial charge in [0, 0.05) is 4.88 Å². The van der Waals surface area contributed by atoms with Gasteiger partial charge in [0.2, 0.25) is 0 Å². The average molecular weight is 194 g/mol. The molecule has 0 aliphatic heterocycles. The van der Waals surface area contributed by atoms with E-state index in [9.17, 15) is 0 Å². The molecule has 0 fully saturated rings. The molecular weight excluding hydrogens is 176 g/mol. The molecule has 0 unspecified atom stereocenters. The van der Waals surface area contributed by atoms with Gasteiger partial charge in [0.05, 0.1) is 0 Å². The Balaban J connectivity index is 2.15. The molecule has 13 heavy (non-hydrogen) atoms. The van der Waals surface area contributed by atoms with Gasteiger partial charge in [0.25, 0.3) is 0 Å². The number of unbranched alkanes of at least 4 members (excludes halogenated alkanes) is 1. The first-order valence-corrected chi connectivity index (χ1v) is 5.90. The van der Waals surface area contributed by atoms with E-state index < -0.39 is 0 Å². The van der Waals surface area contributed by atoms with Gasteiger partial charge in [-0.1, -0.05) is 31.6 Å². The summed E-state index contributed by atoms with van der Waals surface area (Å²) in [6.45, 7) is 6.32. The van der Waals surface area contributed by atoms with Crippen LogP contribution in [0.2, 0.25) is 0 Å². The molecule has 0 spiro atoms. The van der Waals surface area contributed by atoms with E-state index in [1.807, 2.05) is 11.3 Å². The number of hydrogen-bond donors (Lipinski definition) is 0. The molecule has 72 valence electrons. The largest absolute Gasteiger partial charge is 0.149 e. The molecule has 1 heterocycles. The Morgan fingerprint density at radius 3 is 2.92 bits per heavy atom. The summed E-state index contributed by atoms with van der Waals surface area (Å²) in [6, 6.07) is 4.33. The maximum Gasteiger partial charge on any atom is 0.00483 e. The van der Waals surface area contributed by atoms with Gasteiger partial charge in [-0.2, -0.15) is 0 Å². The zero-order valence-electron chi connectivity index (χ0n) is 8.38. The van der Waals surface area contributed by atoms with E-state index in [0.717, 1.165) is 0 Å². The molecule has 0 bridgehead atoms. The van der Waals surface area contributed by atoms with E-state index in [2.05, 4.69) is 31.0 Å². The van der Waals surface area contributed by atoms with Gasteiger partial charge in [0.15, 0.2) is 0 Å². The molecule has 0 nitrogen and oxygen atoms in total. The van der Waals surface area contributed by atoms with Crippen molar-refractivity contribution in [2.45, 2.75) is 39.0 Å². The van der Waals surface area contributed by atoms with Gasteiger partial charge < -0.3 is 0 Å². The molecule has 0 radical (unpaired) electrons. The molecule has 1 rings (SSSR count). The van der Waals surface area contributed by atoms with Gasteiger partial charge >= 0.3 is 0 Å². The molecule has 0 aromatic carbocycles. The van der Waals surface area contributed by atoms with Crippen molar-refractivity contribution in [2.24, 2.45) is 0 Å². The van der Waals surface area contributed by atoms with Crippen LogP contribution in [0, 0.1) is 0 Å². The van der Waals surface area contributed by atoms with Crippen molar-refractivity contribution in [1.29, 1.82) is 0 Å². The fourth-order valence-electron chi connectivity index (χ4n) is 1.31. The highest BCUT2D eigenvalue weighted by atomic mass is 32.1. The Bertz CT molecular complexity index is 234. The first-order valence-electron chi connectivity index (χ1n) is 5.02. The molecule has 0 aliphatic rings. The third kappa shape index (κ3) is 4.28. The maximum atomic E-state index is 4.10. The Morgan fingerprint density at radius 1 is 1.46 bits per heavy atom. The maximum absolute atomic E-state index is 4.10. The molecule has 1 heteroatoms. The van der Waals surface area contributed by atoms with E-state index in [1.165, 1.54) is 42.6 Å². The average Bonchev–Trinajstić information content (AvgIpc) is 2.64. The second kappa shape index (κ2) is 5.98. The van der Waals surface area contributed by atoms with Crippen molar-refractivity contribution in [1.82, 2.24) is 0 Å². The molecule has 0 saturated heterocycles. The third-order valence-electron chi connectivity index (χ3n) is 2.19. The predicted molar refractivity (Wildman–Crippen MR) is 61.3 cm³/mol. The summed E-state index contributed by atoms with van der Waals surface area (Å²) in [6.07, 6.45) is 6.13. The van der Waals surface area contributed by atoms with Crippen molar-refractivity contribution in [2.75, 3.05) is 0 Å². The van der Waals surface area contributed by atoms with E-state index >= 15 is 0 Å². The lowest BCUT2D eigenvalue weighted by molar-refractivity contribution is 0.754. The molecule has 1 aromatic rings. The van der Waals surface area contributed by atoms with Gasteiger partial charge in [-0.3, -0.25) is 0 Å².